The van der Waals surface area contributed by atoms with E-state index < -0.39 is 44.9 Å². The molecule has 1 unspecified atom stereocenters. The van der Waals surface area contributed by atoms with Gasteiger partial charge in [0.15, 0.2) is 10.9 Å². The predicted octanol–water partition coefficient (Wildman–Crippen LogP) is 4.32. The standard InChI is InChI=1S/C22H30F2N4O5S2/c1-12(2)10-16(17-11-31-22(4,5)33-17)32-20-25-19(28-35(6,29)30)26-21(27-20)34-13(3)18-14(23)8-7-9-15(18)24/h7-9,12-13,16-17H,10-11H2,1-6H3,(H,25,26,27,28)/t13?,16-,17+/m1/s1. The van der Waals surface area contributed by atoms with Crippen LogP contribution in [-0.4, -0.2) is 54.2 Å². The first-order valence-electron chi connectivity index (χ1n) is 11.1. The molecule has 0 spiro atoms. The maximum atomic E-state index is 14.3. The van der Waals surface area contributed by atoms with Gasteiger partial charge in [-0.1, -0.05) is 31.7 Å². The van der Waals surface area contributed by atoms with Gasteiger partial charge in [-0.25, -0.2) is 17.2 Å². The number of sulfonamides is 1. The number of aromatic nitrogens is 3. The van der Waals surface area contributed by atoms with Gasteiger partial charge in [-0.05, 0) is 45.2 Å². The Balaban J connectivity index is 1.92. The van der Waals surface area contributed by atoms with Crippen LogP contribution in [0.15, 0.2) is 23.4 Å². The molecule has 0 bridgehead atoms. The molecule has 9 nitrogen and oxygen atoms in total. The van der Waals surface area contributed by atoms with Crippen LogP contribution in [0, 0.1) is 17.6 Å². The van der Waals surface area contributed by atoms with Gasteiger partial charge in [0, 0.05) is 10.8 Å². The van der Waals surface area contributed by atoms with Gasteiger partial charge in [-0.3, -0.25) is 4.72 Å². The second-order valence-electron chi connectivity index (χ2n) is 9.15. The van der Waals surface area contributed by atoms with Crippen molar-refractivity contribution in [3.05, 3.63) is 35.4 Å². The number of thioether (sulfide) groups is 1. The second kappa shape index (κ2) is 10.9. The smallest absolute Gasteiger partial charge is 0.322 e. The maximum Gasteiger partial charge on any atom is 0.322 e. The Morgan fingerprint density at radius 1 is 1.20 bits per heavy atom. The summed E-state index contributed by atoms with van der Waals surface area (Å²) in [6.07, 6.45) is 0.640. The van der Waals surface area contributed by atoms with Gasteiger partial charge in [0.05, 0.1) is 12.9 Å². The molecule has 0 amide bonds. The largest absolute Gasteiger partial charge is 0.457 e. The zero-order chi connectivity index (χ0) is 26.0. The molecule has 1 saturated heterocycles. The molecular formula is C22H30F2N4O5S2. The van der Waals surface area contributed by atoms with Gasteiger partial charge < -0.3 is 14.2 Å². The van der Waals surface area contributed by atoms with E-state index in [0.29, 0.717) is 13.0 Å². The van der Waals surface area contributed by atoms with E-state index in [2.05, 4.69) is 19.7 Å². The summed E-state index contributed by atoms with van der Waals surface area (Å²) in [4.78, 5) is 12.5. The fraction of sp³-hybridized carbons (Fsp3) is 0.591. The first kappa shape index (κ1) is 27.5. The van der Waals surface area contributed by atoms with E-state index in [-0.39, 0.29) is 28.6 Å². The molecule has 0 aliphatic carbocycles. The van der Waals surface area contributed by atoms with Crippen LogP contribution in [0.4, 0.5) is 14.7 Å². The summed E-state index contributed by atoms with van der Waals surface area (Å²) in [6, 6.07) is 3.46. The van der Waals surface area contributed by atoms with Crippen molar-refractivity contribution in [2.24, 2.45) is 5.92 Å². The second-order valence-corrected chi connectivity index (χ2v) is 12.2. The van der Waals surface area contributed by atoms with Crippen molar-refractivity contribution < 1.29 is 31.4 Å². The van der Waals surface area contributed by atoms with Crippen molar-refractivity contribution in [2.45, 2.75) is 69.4 Å². The zero-order valence-corrected chi connectivity index (χ0v) is 22.0. The molecule has 3 rings (SSSR count). The van der Waals surface area contributed by atoms with E-state index in [1.165, 1.54) is 6.07 Å². The Hall–Kier alpha value is -2.09. The van der Waals surface area contributed by atoms with Crippen molar-refractivity contribution in [1.29, 1.82) is 0 Å². The van der Waals surface area contributed by atoms with Crippen molar-refractivity contribution in [1.82, 2.24) is 15.0 Å². The molecular weight excluding hydrogens is 502 g/mol. The highest BCUT2D eigenvalue weighted by Gasteiger charge is 2.39. The summed E-state index contributed by atoms with van der Waals surface area (Å²) >= 11 is 0.939. The van der Waals surface area contributed by atoms with Crippen molar-refractivity contribution in [3.63, 3.8) is 0 Å². The van der Waals surface area contributed by atoms with E-state index in [4.69, 9.17) is 14.2 Å². The molecule has 194 valence electrons. The Morgan fingerprint density at radius 2 is 1.86 bits per heavy atom. The maximum absolute atomic E-state index is 14.3. The lowest BCUT2D eigenvalue weighted by Crippen LogP contribution is -2.37. The number of ether oxygens (including phenoxy) is 3. The highest BCUT2D eigenvalue weighted by Crippen LogP contribution is 2.37. The normalized spacial score (nSPS) is 19.5. The summed E-state index contributed by atoms with van der Waals surface area (Å²) in [5.74, 6) is -2.22. The summed E-state index contributed by atoms with van der Waals surface area (Å²) in [7, 11) is -3.72. The van der Waals surface area contributed by atoms with Crippen LogP contribution in [0.2, 0.25) is 0 Å². The first-order valence-corrected chi connectivity index (χ1v) is 13.8. The SMILES string of the molecule is CC(C)C[C@@H](Oc1nc(NS(C)(=O)=O)nc(SC(C)c2c(F)cccc2F)n1)[C@@H]1COC(C)(C)O1. The van der Waals surface area contributed by atoms with Crippen molar-refractivity contribution in [2.75, 3.05) is 17.6 Å². The molecule has 1 aliphatic rings. The molecule has 1 aromatic heterocycles. The van der Waals surface area contributed by atoms with Crippen LogP contribution in [0.3, 0.4) is 0 Å². The minimum atomic E-state index is -3.72. The third-order valence-electron chi connectivity index (χ3n) is 4.97. The molecule has 3 atom stereocenters. The van der Waals surface area contributed by atoms with Crippen molar-refractivity contribution >= 4 is 27.7 Å². The average molecular weight is 533 g/mol. The highest BCUT2D eigenvalue weighted by atomic mass is 32.2. The molecule has 1 aromatic carbocycles. The van der Waals surface area contributed by atoms with Gasteiger partial charge in [0.2, 0.25) is 16.0 Å². The van der Waals surface area contributed by atoms with Crippen LogP contribution >= 0.6 is 11.8 Å². The van der Waals surface area contributed by atoms with Gasteiger partial charge in [0.25, 0.3) is 0 Å². The van der Waals surface area contributed by atoms with E-state index in [1.807, 2.05) is 13.8 Å². The fourth-order valence-electron chi connectivity index (χ4n) is 3.55. The molecule has 0 saturated carbocycles. The predicted molar refractivity (Wildman–Crippen MR) is 128 cm³/mol. The number of halogens is 2. The van der Waals surface area contributed by atoms with E-state index in [0.717, 1.165) is 30.2 Å². The quantitative estimate of drug-likeness (QED) is 0.447. The summed E-state index contributed by atoms with van der Waals surface area (Å²) in [5, 5.41) is -0.695. The zero-order valence-electron chi connectivity index (χ0n) is 20.4. The van der Waals surface area contributed by atoms with Gasteiger partial charge in [-0.15, -0.1) is 0 Å². The molecule has 2 heterocycles. The topological polar surface area (TPSA) is 113 Å². The number of rotatable bonds is 10. The Morgan fingerprint density at radius 3 is 2.40 bits per heavy atom. The van der Waals surface area contributed by atoms with E-state index in [1.54, 1.807) is 20.8 Å². The monoisotopic (exact) mass is 532 g/mol. The summed E-state index contributed by atoms with van der Waals surface area (Å²) in [5.41, 5.74) is -0.144. The molecule has 1 fully saturated rings. The minimum Gasteiger partial charge on any atom is -0.457 e. The number of nitrogens with zero attached hydrogens (tertiary/aromatic N) is 3. The molecule has 0 radical (unpaired) electrons. The first-order chi connectivity index (χ1) is 16.2. The van der Waals surface area contributed by atoms with Gasteiger partial charge >= 0.3 is 6.01 Å². The summed E-state index contributed by atoms with van der Waals surface area (Å²) < 4.78 is 72.0. The van der Waals surface area contributed by atoms with Crippen LogP contribution < -0.4 is 9.46 Å². The Labute approximate surface area is 208 Å². The lowest BCUT2D eigenvalue weighted by molar-refractivity contribution is -0.150. The number of hydrogen-bond acceptors (Lipinski definition) is 9. The molecule has 1 aliphatic heterocycles. The Kier molecular flexibility index (Phi) is 8.56. The molecule has 13 heteroatoms. The molecule has 35 heavy (non-hydrogen) atoms. The minimum absolute atomic E-state index is 0.0310. The van der Waals surface area contributed by atoms with Crippen LogP contribution in [0.5, 0.6) is 6.01 Å². The van der Waals surface area contributed by atoms with Gasteiger partial charge in [0.1, 0.15) is 23.8 Å². The number of anilines is 1. The fourth-order valence-corrected chi connectivity index (χ4v) is 4.90. The molecule has 1 N–H and O–H groups in total. The summed E-state index contributed by atoms with van der Waals surface area (Å²) in [6.45, 7) is 9.53. The van der Waals surface area contributed by atoms with Gasteiger partial charge in [-0.2, -0.15) is 15.0 Å². The van der Waals surface area contributed by atoms with E-state index >= 15 is 0 Å². The number of hydrogen-bond donors (Lipinski definition) is 1. The number of benzene rings is 1. The van der Waals surface area contributed by atoms with E-state index in [9.17, 15) is 17.2 Å². The number of nitrogens with one attached hydrogen (secondary N) is 1. The van der Waals surface area contributed by atoms with Crippen LogP contribution in [0.25, 0.3) is 0 Å². The lowest BCUT2D eigenvalue weighted by atomic mass is 10.0. The third kappa shape index (κ3) is 7.95. The Bertz CT molecular complexity index is 1130. The third-order valence-corrected chi connectivity index (χ3v) is 6.50. The van der Waals surface area contributed by atoms with Crippen LogP contribution in [-0.2, 0) is 19.5 Å². The molecule has 2 aromatic rings. The lowest BCUT2D eigenvalue weighted by Gasteiger charge is -2.25. The van der Waals surface area contributed by atoms with Crippen LogP contribution in [0.1, 0.15) is 51.9 Å². The average Bonchev–Trinajstić information content (AvgIpc) is 3.05. The highest BCUT2D eigenvalue weighted by molar-refractivity contribution is 7.99. The van der Waals surface area contributed by atoms with Crippen molar-refractivity contribution in [3.8, 4) is 6.01 Å².